The first-order valence-electron chi connectivity index (χ1n) is 6.00. The standard InChI is InChI=1S/C12H17N5O/c1-3-13-8-11-16-17-12(18-11)15-9(2)10-6-4-5-7-14-10/h4-7,9,13H,3,8H2,1-2H3,(H,15,17). The van der Waals surface area contributed by atoms with Crippen LogP contribution in [-0.4, -0.2) is 21.7 Å². The van der Waals surface area contributed by atoms with Crippen LogP contribution in [0.1, 0.15) is 31.5 Å². The molecule has 0 saturated carbocycles. The summed E-state index contributed by atoms with van der Waals surface area (Å²) in [4.78, 5) is 4.27. The lowest BCUT2D eigenvalue weighted by Gasteiger charge is -2.10. The molecule has 0 spiro atoms. The van der Waals surface area contributed by atoms with Crippen LogP contribution in [0, 0.1) is 0 Å². The molecule has 2 N–H and O–H groups in total. The molecule has 18 heavy (non-hydrogen) atoms. The highest BCUT2D eigenvalue weighted by atomic mass is 16.4. The highest BCUT2D eigenvalue weighted by Gasteiger charge is 2.10. The average Bonchev–Trinajstić information content (AvgIpc) is 2.85. The molecule has 0 aliphatic rings. The van der Waals surface area contributed by atoms with E-state index >= 15 is 0 Å². The van der Waals surface area contributed by atoms with Crippen molar-refractivity contribution in [2.75, 3.05) is 11.9 Å². The Hall–Kier alpha value is -1.95. The van der Waals surface area contributed by atoms with Crippen molar-refractivity contribution in [2.45, 2.75) is 26.4 Å². The predicted octanol–water partition coefficient (Wildman–Crippen LogP) is 1.75. The average molecular weight is 247 g/mol. The Morgan fingerprint density at radius 3 is 2.94 bits per heavy atom. The summed E-state index contributed by atoms with van der Waals surface area (Å²) in [5.41, 5.74) is 0.934. The van der Waals surface area contributed by atoms with Gasteiger partial charge in [-0.25, -0.2) is 0 Å². The lowest BCUT2D eigenvalue weighted by atomic mass is 10.2. The number of hydrogen-bond donors (Lipinski definition) is 2. The van der Waals surface area contributed by atoms with Crippen LogP contribution in [0.25, 0.3) is 0 Å². The number of hydrogen-bond acceptors (Lipinski definition) is 6. The van der Waals surface area contributed by atoms with Gasteiger partial charge in [0.05, 0.1) is 18.3 Å². The van der Waals surface area contributed by atoms with E-state index in [1.807, 2.05) is 32.0 Å². The van der Waals surface area contributed by atoms with Gasteiger partial charge in [0.15, 0.2) is 0 Å². The summed E-state index contributed by atoms with van der Waals surface area (Å²) >= 11 is 0. The molecule has 0 aliphatic heterocycles. The van der Waals surface area contributed by atoms with E-state index in [-0.39, 0.29) is 6.04 Å². The third-order valence-electron chi connectivity index (χ3n) is 2.46. The molecule has 2 heterocycles. The van der Waals surface area contributed by atoms with Gasteiger partial charge in [0.2, 0.25) is 5.89 Å². The van der Waals surface area contributed by atoms with E-state index in [9.17, 15) is 0 Å². The molecule has 6 heteroatoms. The van der Waals surface area contributed by atoms with Crippen molar-refractivity contribution in [3.8, 4) is 0 Å². The third kappa shape index (κ3) is 3.27. The predicted molar refractivity (Wildman–Crippen MR) is 68.0 cm³/mol. The Bertz CT molecular complexity index is 470. The van der Waals surface area contributed by atoms with Crippen LogP contribution < -0.4 is 10.6 Å². The van der Waals surface area contributed by atoms with Crippen LogP contribution in [0.2, 0.25) is 0 Å². The third-order valence-corrected chi connectivity index (χ3v) is 2.46. The molecule has 2 aromatic rings. The number of nitrogens with zero attached hydrogens (tertiary/aromatic N) is 3. The van der Waals surface area contributed by atoms with Gasteiger partial charge in [-0.15, -0.1) is 5.10 Å². The van der Waals surface area contributed by atoms with Crippen molar-refractivity contribution in [3.05, 3.63) is 36.0 Å². The molecule has 0 radical (unpaired) electrons. The van der Waals surface area contributed by atoms with E-state index < -0.39 is 0 Å². The number of pyridine rings is 1. The Morgan fingerprint density at radius 2 is 2.22 bits per heavy atom. The SMILES string of the molecule is CCNCc1nnc(NC(C)c2ccccn2)o1. The molecule has 0 aliphatic carbocycles. The van der Waals surface area contributed by atoms with Crippen molar-refractivity contribution in [1.82, 2.24) is 20.5 Å². The van der Waals surface area contributed by atoms with Gasteiger partial charge in [-0.05, 0) is 25.6 Å². The zero-order valence-electron chi connectivity index (χ0n) is 10.6. The van der Waals surface area contributed by atoms with Gasteiger partial charge in [0.25, 0.3) is 0 Å². The summed E-state index contributed by atoms with van der Waals surface area (Å²) in [6, 6.07) is 6.23. The number of anilines is 1. The quantitative estimate of drug-likeness (QED) is 0.810. The molecule has 96 valence electrons. The van der Waals surface area contributed by atoms with Crippen LogP contribution in [0.15, 0.2) is 28.8 Å². The zero-order valence-corrected chi connectivity index (χ0v) is 10.6. The van der Waals surface area contributed by atoms with Crippen LogP contribution in [0.5, 0.6) is 0 Å². The Kier molecular flexibility index (Phi) is 4.25. The fourth-order valence-corrected chi connectivity index (χ4v) is 1.51. The van der Waals surface area contributed by atoms with Gasteiger partial charge in [-0.2, -0.15) is 0 Å². The highest BCUT2D eigenvalue weighted by Crippen LogP contribution is 2.15. The summed E-state index contributed by atoms with van der Waals surface area (Å²) in [6.07, 6.45) is 1.76. The van der Waals surface area contributed by atoms with Crippen LogP contribution >= 0.6 is 0 Å². The van der Waals surface area contributed by atoms with Crippen LogP contribution in [0.4, 0.5) is 6.01 Å². The maximum Gasteiger partial charge on any atom is 0.316 e. The van der Waals surface area contributed by atoms with E-state index in [1.165, 1.54) is 0 Å². The topological polar surface area (TPSA) is 75.9 Å². The summed E-state index contributed by atoms with van der Waals surface area (Å²) < 4.78 is 5.45. The largest absolute Gasteiger partial charge is 0.407 e. The minimum absolute atomic E-state index is 0.0265. The van der Waals surface area contributed by atoms with Gasteiger partial charge in [0.1, 0.15) is 0 Å². The molecule has 6 nitrogen and oxygen atoms in total. The molecule has 0 amide bonds. The normalized spacial score (nSPS) is 12.3. The van der Waals surface area contributed by atoms with Gasteiger partial charge >= 0.3 is 6.01 Å². The van der Waals surface area contributed by atoms with E-state index in [0.29, 0.717) is 18.5 Å². The minimum atomic E-state index is 0.0265. The zero-order chi connectivity index (χ0) is 12.8. The number of aromatic nitrogens is 3. The van der Waals surface area contributed by atoms with Crippen LogP contribution in [-0.2, 0) is 6.54 Å². The summed E-state index contributed by atoms with van der Waals surface area (Å²) in [5, 5.41) is 14.1. The summed E-state index contributed by atoms with van der Waals surface area (Å²) in [7, 11) is 0. The molecule has 0 bridgehead atoms. The Balaban J connectivity index is 1.95. The molecule has 2 aromatic heterocycles. The molecular formula is C12H17N5O. The van der Waals surface area contributed by atoms with Gasteiger partial charge in [-0.3, -0.25) is 4.98 Å². The van der Waals surface area contributed by atoms with Crippen molar-refractivity contribution < 1.29 is 4.42 Å². The molecule has 0 fully saturated rings. The molecular weight excluding hydrogens is 230 g/mol. The Labute approximate surface area is 106 Å². The second-order valence-corrected chi connectivity index (χ2v) is 3.90. The van der Waals surface area contributed by atoms with Crippen LogP contribution in [0.3, 0.4) is 0 Å². The highest BCUT2D eigenvalue weighted by molar-refractivity contribution is 5.24. The maximum atomic E-state index is 5.45. The lowest BCUT2D eigenvalue weighted by Crippen LogP contribution is -2.11. The second-order valence-electron chi connectivity index (χ2n) is 3.90. The fraction of sp³-hybridized carbons (Fsp3) is 0.417. The van der Waals surface area contributed by atoms with E-state index in [2.05, 4.69) is 25.8 Å². The van der Waals surface area contributed by atoms with Crippen molar-refractivity contribution in [1.29, 1.82) is 0 Å². The maximum absolute atomic E-state index is 5.45. The smallest absolute Gasteiger partial charge is 0.316 e. The number of nitrogens with one attached hydrogen (secondary N) is 2. The molecule has 1 atom stereocenters. The monoisotopic (exact) mass is 247 g/mol. The first-order chi connectivity index (χ1) is 8.79. The summed E-state index contributed by atoms with van der Waals surface area (Å²) in [6.45, 7) is 5.48. The van der Waals surface area contributed by atoms with Gasteiger partial charge in [0, 0.05) is 6.20 Å². The van der Waals surface area contributed by atoms with E-state index in [0.717, 1.165) is 12.2 Å². The molecule has 2 rings (SSSR count). The second kappa shape index (κ2) is 6.11. The lowest BCUT2D eigenvalue weighted by molar-refractivity contribution is 0.478. The first kappa shape index (κ1) is 12.5. The van der Waals surface area contributed by atoms with E-state index in [4.69, 9.17) is 4.42 Å². The fourth-order valence-electron chi connectivity index (χ4n) is 1.51. The van der Waals surface area contributed by atoms with Crippen molar-refractivity contribution >= 4 is 6.01 Å². The van der Waals surface area contributed by atoms with Gasteiger partial charge in [-0.1, -0.05) is 18.1 Å². The van der Waals surface area contributed by atoms with E-state index in [1.54, 1.807) is 6.20 Å². The van der Waals surface area contributed by atoms with Crippen molar-refractivity contribution in [2.24, 2.45) is 0 Å². The summed E-state index contributed by atoms with van der Waals surface area (Å²) in [5.74, 6) is 0.576. The minimum Gasteiger partial charge on any atom is -0.407 e. The molecule has 1 unspecified atom stereocenters. The van der Waals surface area contributed by atoms with Gasteiger partial charge < -0.3 is 15.1 Å². The molecule has 0 saturated heterocycles. The first-order valence-corrected chi connectivity index (χ1v) is 6.00. The Morgan fingerprint density at radius 1 is 1.33 bits per heavy atom. The molecule has 0 aromatic carbocycles. The van der Waals surface area contributed by atoms with Crippen molar-refractivity contribution in [3.63, 3.8) is 0 Å². The number of rotatable bonds is 6.